The summed E-state index contributed by atoms with van der Waals surface area (Å²) in [5.74, 6) is 0.170. The lowest BCUT2D eigenvalue weighted by atomic mass is 10.0. The molecule has 1 aromatic carbocycles. The number of rotatable bonds is 2. The molecule has 0 saturated carbocycles. The highest BCUT2D eigenvalue weighted by Crippen LogP contribution is 2.13. The highest BCUT2D eigenvalue weighted by Gasteiger charge is 2.10. The van der Waals surface area contributed by atoms with Gasteiger partial charge in [-0.1, -0.05) is 12.1 Å². The normalized spacial score (nSPS) is 10.1. The van der Waals surface area contributed by atoms with Crippen molar-refractivity contribution in [2.45, 2.75) is 13.8 Å². The van der Waals surface area contributed by atoms with E-state index < -0.39 is 0 Å². The molecule has 0 aliphatic rings. The van der Waals surface area contributed by atoms with Gasteiger partial charge in [-0.2, -0.15) is 10.1 Å². The Kier molecular flexibility index (Phi) is 2.68. The predicted molar refractivity (Wildman–Crippen MR) is 60.3 cm³/mol. The van der Waals surface area contributed by atoms with Crippen LogP contribution in [0.25, 0.3) is 0 Å². The van der Waals surface area contributed by atoms with E-state index in [1.807, 2.05) is 26.0 Å². The number of hydrogen-bond acceptors (Lipinski definition) is 3. The second kappa shape index (κ2) is 4.14. The number of amides is 1. The van der Waals surface area contributed by atoms with Crippen molar-refractivity contribution in [2.24, 2.45) is 0 Å². The summed E-state index contributed by atoms with van der Waals surface area (Å²) in [5.41, 5.74) is 2.71. The minimum absolute atomic E-state index is 0.182. The lowest BCUT2D eigenvalue weighted by Crippen LogP contribution is -2.14. The van der Waals surface area contributed by atoms with Crippen LogP contribution in [0.2, 0.25) is 0 Å². The highest BCUT2D eigenvalue weighted by molar-refractivity contribution is 6.04. The van der Waals surface area contributed by atoms with Crippen molar-refractivity contribution in [3.63, 3.8) is 0 Å². The summed E-state index contributed by atoms with van der Waals surface area (Å²) < 4.78 is 0. The van der Waals surface area contributed by atoms with Gasteiger partial charge in [0.25, 0.3) is 5.91 Å². The number of nitrogens with zero attached hydrogens (tertiary/aromatic N) is 2. The molecule has 2 rings (SSSR count). The minimum Gasteiger partial charge on any atom is -0.291 e. The van der Waals surface area contributed by atoms with E-state index in [4.69, 9.17) is 0 Å². The van der Waals surface area contributed by atoms with Gasteiger partial charge in [0, 0.05) is 5.56 Å². The van der Waals surface area contributed by atoms with E-state index in [9.17, 15) is 4.79 Å². The number of hydrogen-bond donors (Lipinski definition) is 2. The molecule has 0 aliphatic carbocycles. The number of H-pyrrole nitrogens is 1. The third kappa shape index (κ3) is 1.93. The van der Waals surface area contributed by atoms with Crippen LogP contribution in [0, 0.1) is 13.8 Å². The van der Waals surface area contributed by atoms with Crippen LogP contribution in [-0.4, -0.2) is 21.1 Å². The summed E-state index contributed by atoms with van der Waals surface area (Å²) >= 11 is 0. The molecule has 2 aromatic rings. The number of nitrogens with one attached hydrogen (secondary N) is 2. The molecule has 0 unspecified atom stereocenters. The second-order valence-corrected chi connectivity index (χ2v) is 3.54. The summed E-state index contributed by atoms with van der Waals surface area (Å²) in [6.45, 7) is 3.89. The predicted octanol–water partition coefficient (Wildman–Crippen LogP) is 1.67. The van der Waals surface area contributed by atoms with Crippen molar-refractivity contribution in [1.29, 1.82) is 0 Å². The molecule has 1 amide bonds. The average molecular weight is 216 g/mol. The molecule has 2 N–H and O–H groups in total. The maximum Gasteiger partial charge on any atom is 0.258 e. The van der Waals surface area contributed by atoms with Crippen molar-refractivity contribution in [3.05, 3.63) is 41.2 Å². The van der Waals surface area contributed by atoms with Crippen molar-refractivity contribution in [1.82, 2.24) is 15.2 Å². The lowest BCUT2D eigenvalue weighted by Gasteiger charge is -2.07. The van der Waals surface area contributed by atoms with Gasteiger partial charge in [0.1, 0.15) is 6.33 Å². The van der Waals surface area contributed by atoms with Crippen molar-refractivity contribution in [3.8, 4) is 0 Å². The molecule has 0 saturated heterocycles. The number of aryl methyl sites for hydroxylation is 1. The molecule has 0 spiro atoms. The van der Waals surface area contributed by atoms with Crippen molar-refractivity contribution < 1.29 is 4.79 Å². The van der Waals surface area contributed by atoms with Crippen LogP contribution in [0.1, 0.15) is 21.5 Å². The molecule has 0 aliphatic heterocycles. The molecular weight excluding hydrogens is 204 g/mol. The number of carbonyl (C=O) groups is 1. The van der Waals surface area contributed by atoms with Gasteiger partial charge in [0.15, 0.2) is 0 Å². The zero-order chi connectivity index (χ0) is 11.5. The Balaban J connectivity index is 2.24. The standard InChI is InChI=1S/C11H12N4O/c1-7-4-3-5-9(8(7)2)10(16)14-11-12-6-13-15-11/h3-6H,1-2H3,(H2,12,13,14,15,16). The van der Waals surface area contributed by atoms with Crippen LogP contribution in [0.3, 0.4) is 0 Å². The van der Waals surface area contributed by atoms with Crippen LogP contribution < -0.4 is 5.32 Å². The molecular formula is C11H12N4O. The maximum absolute atomic E-state index is 11.9. The Bertz CT molecular complexity index is 505. The molecule has 0 bridgehead atoms. The Labute approximate surface area is 92.9 Å². The first-order valence-corrected chi connectivity index (χ1v) is 4.91. The van der Waals surface area contributed by atoms with Crippen LogP contribution in [0.4, 0.5) is 5.95 Å². The molecule has 16 heavy (non-hydrogen) atoms. The van der Waals surface area contributed by atoms with E-state index in [-0.39, 0.29) is 5.91 Å². The SMILES string of the molecule is Cc1cccc(C(=O)Nc2ncn[nH]2)c1C. The van der Waals surface area contributed by atoms with Gasteiger partial charge in [0.2, 0.25) is 5.95 Å². The molecule has 82 valence electrons. The highest BCUT2D eigenvalue weighted by atomic mass is 16.1. The third-order valence-corrected chi connectivity index (χ3v) is 2.50. The van der Waals surface area contributed by atoms with Crippen molar-refractivity contribution >= 4 is 11.9 Å². The monoisotopic (exact) mass is 216 g/mol. The average Bonchev–Trinajstić information content (AvgIpc) is 2.74. The molecule has 5 nitrogen and oxygen atoms in total. The summed E-state index contributed by atoms with van der Waals surface area (Å²) in [4.78, 5) is 15.7. The van der Waals surface area contributed by atoms with Crippen LogP contribution in [0.5, 0.6) is 0 Å². The number of benzene rings is 1. The van der Waals surface area contributed by atoms with E-state index in [0.717, 1.165) is 11.1 Å². The van der Waals surface area contributed by atoms with E-state index in [0.29, 0.717) is 11.5 Å². The first kappa shape index (κ1) is 10.4. The van der Waals surface area contributed by atoms with Crippen molar-refractivity contribution in [2.75, 3.05) is 5.32 Å². The van der Waals surface area contributed by atoms with E-state index in [1.54, 1.807) is 6.07 Å². The van der Waals surface area contributed by atoms with E-state index in [1.165, 1.54) is 6.33 Å². The smallest absolute Gasteiger partial charge is 0.258 e. The molecule has 0 radical (unpaired) electrons. The molecule has 5 heteroatoms. The van der Waals surface area contributed by atoms with Gasteiger partial charge in [-0.05, 0) is 31.0 Å². The Morgan fingerprint density at radius 2 is 2.19 bits per heavy atom. The number of carbonyl (C=O) groups excluding carboxylic acids is 1. The van der Waals surface area contributed by atoms with Gasteiger partial charge >= 0.3 is 0 Å². The zero-order valence-electron chi connectivity index (χ0n) is 9.11. The van der Waals surface area contributed by atoms with Gasteiger partial charge in [0.05, 0.1) is 0 Å². The summed E-state index contributed by atoms with van der Waals surface area (Å²) in [7, 11) is 0. The second-order valence-electron chi connectivity index (χ2n) is 3.54. The van der Waals surface area contributed by atoms with Crippen LogP contribution in [0.15, 0.2) is 24.5 Å². The van der Waals surface area contributed by atoms with Gasteiger partial charge in [-0.3, -0.25) is 10.1 Å². The number of aromatic nitrogens is 3. The van der Waals surface area contributed by atoms with Gasteiger partial charge in [-0.15, -0.1) is 0 Å². The van der Waals surface area contributed by atoms with Gasteiger partial charge in [-0.25, -0.2) is 5.10 Å². The molecule has 1 heterocycles. The lowest BCUT2D eigenvalue weighted by molar-refractivity contribution is 0.102. The molecule has 0 fully saturated rings. The molecule has 1 aromatic heterocycles. The summed E-state index contributed by atoms with van der Waals surface area (Å²) in [6.07, 6.45) is 1.35. The Morgan fingerprint density at radius 1 is 1.38 bits per heavy atom. The van der Waals surface area contributed by atoms with Crippen LogP contribution >= 0.6 is 0 Å². The number of aromatic amines is 1. The molecule has 0 atom stereocenters. The first-order chi connectivity index (χ1) is 7.68. The van der Waals surface area contributed by atoms with E-state index >= 15 is 0 Å². The third-order valence-electron chi connectivity index (χ3n) is 2.50. The Hall–Kier alpha value is -2.17. The minimum atomic E-state index is -0.182. The number of anilines is 1. The fourth-order valence-corrected chi connectivity index (χ4v) is 1.44. The topological polar surface area (TPSA) is 70.7 Å². The van der Waals surface area contributed by atoms with E-state index in [2.05, 4.69) is 20.5 Å². The fraction of sp³-hybridized carbons (Fsp3) is 0.182. The first-order valence-electron chi connectivity index (χ1n) is 4.91. The summed E-state index contributed by atoms with van der Waals surface area (Å²) in [6, 6.07) is 5.62. The summed E-state index contributed by atoms with van der Waals surface area (Å²) in [5, 5.41) is 8.88. The zero-order valence-corrected chi connectivity index (χ0v) is 9.11. The quantitative estimate of drug-likeness (QED) is 0.802. The maximum atomic E-state index is 11.9. The van der Waals surface area contributed by atoms with Gasteiger partial charge < -0.3 is 0 Å². The Morgan fingerprint density at radius 3 is 2.88 bits per heavy atom. The van der Waals surface area contributed by atoms with Crippen LogP contribution in [-0.2, 0) is 0 Å². The fourth-order valence-electron chi connectivity index (χ4n) is 1.44. The largest absolute Gasteiger partial charge is 0.291 e.